The second-order valence-corrected chi connectivity index (χ2v) is 5.29. The lowest BCUT2D eigenvalue weighted by molar-refractivity contribution is -0.384. The van der Waals surface area contributed by atoms with Crippen molar-refractivity contribution < 1.29 is 4.92 Å². The number of benzene rings is 1. The molecule has 1 aliphatic heterocycles. The fraction of sp³-hybridized carbons (Fsp3) is 0.455. The van der Waals surface area contributed by atoms with Crippen LogP contribution in [0.3, 0.4) is 0 Å². The van der Waals surface area contributed by atoms with Gasteiger partial charge in [0.25, 0.3) is 5.69 Å². The predicted molar refractivity (Wildman–Crippen MR) is 70.1 cm³/mol. The van der Waals surface area contributed by atoms with Gasteiger partial charge in [0.05, 0.1) is 10.6 Å². The number of nitro groups is 1. The average molecular weight is 300 g/mol. The normalized spacial score (nSPS) is 24.1. The molecule has 6 heteroatoms. The standard InChI is InChI=1S/C11H14BrN3O2/c1-7-5-14(6-10(7)13)11-3-2-8(15(16)17)4-9(11)12/h2-4,7,10H,5-6,13H2,1H3. The van der Waals surface area contributed by atoms with E-state index in [0.29, 0.717) is 5.92 Å². The Morgan fingerprint density at radius 1 is 1.53 bits per heavy atom. The molecule has 0 aliphatic carbocycles. The topological polar surface area (TPSA) is 72.4 Å². The van der Waals surface area contributed by atoms with Gasteiger partial charge in [0.1, 0.15) is 0 Å². The minimum absolute atomic E-state index is 0.0946. The molecular formula is C11H14BrN3O2. The molecule has 92 valence electrons. The first-order valence-electron chi connectivity index (χ1n) is 5.43. The lowest BCUT2D eigenvalue weighted by Crippen LogP contribution is -2.28. The molecule has 2 N–H and O–H groups in total. The highest BCUT2D eigenvalue weighted by atomic mass is 79.9. The van der Waals surface area contributed by atoms with Crippen molar-refractivity contribution in [1.29, 1.82) is 0 Å². The van der Waals surface area contributed by atoms with Crippen LogP contribution < -0.4 is 10.6 Å². The molecule has 2 rings (SSSR count). The zero-order valence-electron chi connectivity index (χ0n) is 9.47. The second kappa shape index (κ2) is 4.62. The van der Waals surface area contributed by atoms with E-state index in [4.69, 9.17) is 5.73 Å². The zero-order chi connectivity index (χ0) is 12.6. The number of hydrogen-bond acceptors (Lipinski definition) is 4. The number of halogens is 1. The van der Waals surface area contributed by atoms with Crippen molar-refractivity contribution in [3.63, 3.8) is 0 Å². The van der Waals surface area contributed by atoms with Gasteiger partial charge in [-0.05, 0) is 27.9 Å². The molecule has 0 radical (unpaired) electrons. The number of nitrogens with two attached hydrogens (primary N) is 1. The summed E-state index contributed by atoms with van der Waals surface area (Å²) in [5.74, 6) is 0.442. The smallest absolute Gasteiger partial charge is 0.270 e. The van der Waals surface area contributed by atoms with Crippen LogP contribution >= 0.6 is 15.9 Å². The number of rotatable bonds is 2. The third kappa shape index (κ3) is 2.42. The van der Waals surface area contributed by atoms with E-state index < -0.39 is 4.92 Å². The highest BCUT2D eigenvalue weighted by Gasteiger charge is 2.28. The van der Waals surface area contributed by atoms with Crippen LogP contribution in [-0.4, -0.2) is 24.1 Å². The van der Waals surface area contributed by atoms with Crippen molar-refractivity contribution in [2.45, 2.75) is 13.0 Å². The van der Waals surface area contributed by atoms with Crippen molar-refractivity contribution in [2.24, 2.45) is 11.7 Å². The maximum atomic E-state index is 10.6. The van der Waals surface area contributed by atoms with Crippen molar-refractivity contribution in [3.8, 4) is 0 Å². The first kappa shape index (κ1) is 12.3. The number of nitro benzene ring substituents is 1. The van der Waals surface area contributed by atoms with Crippen molar-refractivity contribution >= 4 is 27.3 Å². The Kier molecular flexibility index (Phi) is 3.35. The van der Waals surface area contributed by atoms with Crippen LogP contribution in [0.25, 0.3) is 0 Å². The molecule has 1 fully saturated rings. The highest BCUT2D eigenvalue weighted by molar-refractivity contribution is 9.10. The first-order chi connectivity index (χ1) is 7.99. The average Bonchev–Trinajstić information content (AvgIpc) is 2.58. The summed E-state index contributed by atoms with van der Waals surface area (Å²) in [6, 6.07) is 4.99. The van der Waals surface area contributed by atoms with Gasteiger partial charge in [0, 0.05) is 35.7 Å². The Bertz CT molecular complexity index is 442. The summed E-state index contributed by atoms with van der Waals surface area (Å²) in [7, 11) is 0. The van der Waals surface area contributed by atoms with Gasteiger partial charge in [-0.3, -0.25) is 10.1 Å². The van der Waals surface area contributed by atoms with Gasteiger partial charge in [-0.25, -0.2) is 0 Å². The molecule has 0 amide bonds. The molecule has 1 saturated heterocycles. The van der Waals surface area contributed by atoms with Crippen molar-refractivity contribution in [1.82, 2.24) is 0 Å². The Hall–Kier alpha value is -1.14. The van der Waals surface area contributed by atoms with E-state index in [0.717, 1.165) is 23.2 Å². The van der Waals surface area contributed by atoms with E-state index in [1.807, 2.05) is 0 Å². The maximum absolute atomic E-state index is 10.6. The molecule has 1 heterocycles. The van der Waals surface area contributed by atoms with Crippen LogP contribution in [0.5, 0.6) is 0 Å². The Morgan fingerprint density at radius 3 is 2.71 bits per heavy atom. The van der Waals surface area contributed by atoms with Crippen LogP contribution in [0, 0.1) is 16.0 Å². The molecule has 0 aromatic heterocycles. The summed E-state index contributed by atoms with van der Waals surface area (Å²) in [6.07, 6.45) is 0. The SMILES string of the molecule is CC1CN(c2ccc([N+](=O)[O-])cc2Br)CC1N. The van der Waals surface area contributed by atoms with Crippen LogP contribution in [0.1, 0.15) is 6.92 Å². The van der Waals surface area contributed by atoms with E-state index in [1.54, 1.807) is 6.07 Å². The minimum atomic E-state index is -0.396. The Balaban J connectivity index is 2.26. The Morgan fingerprint density at radius 2 is 2.24 bits per heavy atom. The lowest BCUT2D eigenvalue weighted by Gasteiger charge is -2.19. The van der Waals surface area contributed by atoms with Gasteiger partial charge >= 0.3 is 0 Å². The van der Waals surface area contributed by atoms with E-state index in [9.17, 15) is 10.1 Å². The predicted octanol–water partition coefficient (Wildman–Crippen LogP) is 2.14. The quantitative estimate of drug-likeness (QED) is 0.671. The van der Waals surface area contributed by atoms with E-state index >= 15 is 0 Å². The maximum Gasteiger partial charge on any atom is 0.270 e. The molecule has 0 saturated carbocycles. The number of hydrogen-bond donors (Lipinski definition) is 1. The van der Waals surface area contributed by atoms with Crippen LogP contribution in [0.15, 0.2) is 22.7 Å². The van der Waals surface area contributed by atoms with Crippen LogP contribution in [-0.2, 0) is 0 Å². The molecule has 5 nitrogen and oxygen atoms in total. The van der Waals surface area contributed by atoms with E-state index in [1.165, 1.54) is 12.1 Å². The minimum Gasteiger partial charge on any atom is -0.369 e. The summed E-state index contributed by atoms with van der Waals surface area (Å²) in [6.45, 7) is 3.79. The molecule has 1 aromatic rings. The molecular weight excluding hydrogens is 286 g/mol. The molecule has 1 aromatic carbocycles. The number of non-ortho nitro benzene ring substituents is 1. The van der Waals surface area contributed by atoms with Crippen molar-refractivity contribution in [2.75, 3.05) is 18.0 Å². The molecule has 17 heavy (non-hydrogen) atoms. The fourth-order valence-corrected chi connectivity index (χ4v) is 2.67. The second-order valence-electron chi connectivity index (χ2n) is 4.44. The fourth-order valence-electron chi connectivity index (χ4n) is 2.05. The van der Waals surface area contributed by atoms with Gasteiger partial charge in [-0.1, -0.05) is 6.92 Å². The van der Waals surface area contributed by atoms with Gasteiger partial charge in [-0.15, -0.1) is 0 Å². The van der Waals surface area contributed by atoms with Crippen LogP contribution in [0.2, 0.25) is 0 Å². The van der Waals surface area contributed by atoms with Gasteiger partial charge in [0.2, 0.25) is 0 Å². The largest absolute Gasteiger partial charge is 0.369 e. The third-order valence-corrected chi connectivity index (χ3v) is 3.79. The Labute approximate surface area is 108 Å². The molecule has 0 spiro atoms. The number of anilines is 1. The summed E-state index contributed by atoms with van der Waals surface area (Å²) in [5, 5.41) is 10.6. The summed E-state index contributed by atoms with van der Waals surface area (Å²) in [5.41, 5.74) is 7.03. The molecule has 1 aliphatic rings. The van der Waals surface area contributed by atoms with Crippen molar-refractivity contribution in [3.05, 3.63) is 32.8 Å². The zero-order valence-corrected chi connectivity index (χ0v) is 11.1. The highest BCUT2D eigenvalue weighted by Crippen LogP contribution is 2.32. The number of nitrogens with zero attached hydrogens (tertiary/aromatic N) is 2. The van der Waals surface area contributed by atoms with Gasteiger partial charge in [0.15, 0.2) is 0 Å². The van der Waals surface area contributed by atoms with E-state index in [-0.39, 0.29) is 11.7 Å². The molecule has 2 unspecified atom stereocenters. The van der Waals surface area contributed by atoms with Crippen LogP contribution in [0.4, 0.5) is 11.4 Å². The van der Waals surface area contributed by atoms with E-state index in [2.05, 4.69) is 27.8 Å². The van der Waals surface area contributed by atoms with Gasteiger partial charge < -0.3 is 10.6 Å². The third-order valence-electron chi connectivity index (χ3n) is 3.15. The van der Waals surface area contributed by atoms with Gasteiger partial charge in [-0.2, -0.15) is 0 Å². The summed E-state index contributed by atoms with van der Waals surface area (Å²) < 4.78 is 0.744. The lowest BCUT2D eigenvalue weighted by atomic mass is 10.1. The molecule has 2 atom stereocenters. The summed E-state index contributed by atoms with van der Waals surface area (Å²) >= 11 is 3.38. The summed E-state index contributed by atoms with van der Waals surface area (Å²) in [4.78, 5) is 12.4. The first-order valence-corrected chi connectivity index (χ1v) is 6.23. The monoisotopic (exact) mass is 299 g/mol. The molecule has 0 bridgehead atoms.